The Hall–Kier alpha value is -0.610. The predicted molar refractivity (Wildman–Crippen MR) is 53.2 cm³/mol. The highest BCUT2D eigenvalue weighted by Gasteiger charge is 2.42. The van der Waals surface area contributed by atoms with Crippen molar-refractivity contribution >= 4 is 5.97 Å². The van der Waals surface area contributed by atoms with Gasteiger partial charge in [-0.3, -0.25) is 4.79 Å². The molecule has 4 heteroatoms. The van der Waals surface area contributed by atoms with E-state index in [1.54, 1.807) is 0 Å². The monoisotopic (exact) mass is 214 g/mol. The molecule has 2 saturated heterocycles. The Kier molecular flexibility index (Phi) is 2.73. The van der Waals surface area contributed by atoms with Crippen molar-refractivity contribution in [3.8, 4) is 0 Å². The fourth-order valence-electron chi connectivity index (χ4n) is 2.16. The molecule has 0 N–H and O–H groups in total. The number of ether oxygens (including phenoxy) is 3. The van der Waals surface area contributed by atoms with Crippen LogP contribution in [-0.4, -0.2) is 30.6 Å². The van der Waals surface area contributed by atoms with Gasteiger partial charge in [0.2, 0.25) is 0 Å². The summed E-state index contributed by atoms with van der Waals surface area (Å²) < 4.78 is 16.5. The van der Waals surface area contributed by atoms with E-state index >= 15 is 0 Å². The highest BCUT2D eigenvalue weighted by Crippen LogP contribution is 2.32. The third kappa shape index (κ3) is 2.32. The van der Waals surface area contributed by atoms with Crippen LogP contribution in [0.3, 0.4) is 0 Å². The van der Waals surface area contributed by atoms with Crippen LogP contribution in [0, 0.1) is 5.92 Å². The lowest BCUT2D eigenvalue weighted by Gasteiger charge is -2.32. The Morgan fingerprint density at radius 3 is 2.73 bits per heavy atom. The van der Waals surface area contributed by atoms with Gasteiger partial charge in [-0.25, -0.2) is 0 Å². The zero-order valence-corrected chi connectivity index (χ0v) is 9.49. The van der Waals surface area contributed by atoms with Crippen LogP contribution in [0.15, 0.2) is 0 Å². The zero-order chi connectivity index (χ0) is 11.1. The third-order valence-electron chi connectivity index (χ3n) is 3.03. The van der Waals surface area contributed by atoms with Gasteiger partial charge < -0.3 is 14.2 Å². The molecular weight excluding hydrogens is 196 g/mol. The Morgan fingerprint density at radius 1 is 1.40 bits per heavy atom. The number of hydrogen-bond acceptors (Lipinski definition) is 4. The average molecular weight is 214 g/mol. The molecule has 0 aliphatic carbocycles. The highest BCUT2D eigenvalue weighted by atomic mass is 16.8. The fourth-order valence-corrected chi connectivity index (χ4v) is 2.16. The minimum atomic E-state index is -0.547. The molecule has 0 amide bonds. The molecule has 4 nitrogen and oxygen atoms in total. The van der Waals surface area contributed by atoms with Gasteiger partial charge in [0, 0.05) is 6.42 Å². The standard InChI is InChI=1S/C11H18O4/c1-7-4-5-9(12)14-10(7)8-6-13-11(2,3)15-8/h7-8,10H,4-6H2,1-3H3/t7-,8-,10-/m1/s1. The first kappa shape index (κ1) is 10.9. The maximum Gasteiger partial charge on any atom is 0.306 e. The molecule has 0 unspecified atom stereocenters. The summed E-state index contributed by atoms with van der Waals surface area (Å²) in [6.07, 6.45) is 1.14. The smallest absolute Gasteiger partial charge is 0.306 e. The van der Waals surface area contributed by atoms with Crippen molar-refractivity contribution in [2.75, 3.05) is 6.61 Å². The average Bonchev–Trinajstić information content (AvgIpc) is 2.50. The summed E-state index contributed by atoms with van der Waals surface area (Å²) in [5.74, 6) is -0.314. The van der Waals surface area contributed by atoms with Crippen molar-refractivity contribution in [1.82, 2.24) is 0 Å². The van der Waals surface area contributed by atoms with Gasteiger partial charge in [-0.1, -0.05) is 6.92 Å². The van der Waals surface area contributed by atoms with E-state index in [-0.39, 0.29) is 18.2 Å². The number of cyclic esters (lactones) is 1. The van der Waals surface area contributed by atoms with Crippen LogP contribution >= 0.6 is 0 Å². The zero-order valence-electron chi connectivity index (χ0n) is 9.49. The van der Waals surface area contributed by atoms with E-state index in [2.05, 4.69) is 6.92 Å². The molecule has 2 rings (SSSR count). The second-order valence-corrected chi connectivity index (χ2v) is 4.84. The molecule has 2 aliphatic heterocycles. The van der Waals surface area contributed by atoms with E-state index in [4.69, 9.17) is 14.2 Å². The van der Waals surface area contributed by atoms with Gasteiger partial charge >= 0.3 is 5.97 Å². The first-order chi connectivity index (χ1) is 6.98. The summed E-state index contributed by atoms with van der Waals surface area (Å²) in [4.78, 5) is 11.2. The number of rotatable bonds is 1. The van der Waals surface area contributed by atoms with Crippen LogP contribution in [0.1, 0.15) is 33.6 Å². The summed E-state index contributed by atoms with van der Waals surface area (Å²) >= 11 is 0. The molecule has 86 valence electrons. The quantitative estimate of drug-likeness (QED) is 0.620. The van der Waals surface area contributed by atoms with Gasteiger partial charge in [0.05, 0.1) is 6.61 Å². The van der Waals surface area contributed by atoms with E-state index in [1.165, 1.54) is 0 Å². The topological polar surface area (TPSA) is 44.8 Å². The van der Waals surface area contributed by atoms with Crippen molar-refractivity contribution in [1.29, 1.82) is 0 Å². The predicted octanol–water partition coefficient (Wildman–Crippen LogP) is 1.48. The third-order valence-corrected chi connectivity index (χ3v) is 3.03. The Morgan fingerprint density at radius 2 is 2.13 bits per heavy atom. The molecule has 0 bridgehead atoms. The van der Waals surface area contributed by atoms with Crippen molar-refractivity contribution in [2.45, 2.75) is 51.6 Å². The molecule has 3 atom stereocenters. The Balaban J connectivity index is 2.00. The largest absolute Gasteiger partial charge is 0.459 e. The summed E-state index contributed by atoms with van der Waals surface area (Å²) in [7, 11) is 0. The number of carbonyl (C=O) groups excluding carboxylic acids is 1. The summed E-state index contributed by atoms with van der Waals surface area (Å²) in [5, 5.41) is 0. The van der Waals surface area contributed by atoms with E-state index < -0.39 is 5.79 Å². The second kappa shape index (κ2) is 3.76. The van der Waals surface area contributed by atoms with Gasteiger partial charge in [0.15, 0.2) is 5.79 Å². The number of carbonyl (C=O) groups is 1. The normalized spacial score (nSPS) is 40.2. The first-order valence-electron chi connectivity index (χ1n) is 5.49. The Bertz CT molecular complexity index is 261. The second-order valence-electron chi connectivity index (χ2n) is 4.84. The molecule has 2 heterocycles. The molecule has 0 aromatic rings. The fraction of sp³-hybridized carbons (Fsp3) is 0.909. The molecule has 15 heavy (non-hydrogen) atoms. The van der Waals surface area contributed by atoms with Gasteiger partial charge in [0.25, 0.3) is 0 Å². The molecule has 0 aromatic carbocycles. The molecular formula is C11H18O4. The van der Waals surface area contributed by atoms with Gasteiger partial charge in [-0.2, -0.15) is 0 Å². The lowest BCUT2D eigenvalue weighted by molar-refractivity contribution is -0.182. The van der Waals surface area contributed by atoms with Crippen molar-refractivity contribution in [3.63, 3.8) is 0 Å². The molecule has 0 radical (unpaired) electrons. The number of esters is 1. The molecule has 2 aliphatic rings. The van der Waals surface area contributed by atoms with E-state index in [0.29, 0.717) is 18.9 Å². The highest BCUT2D eigenvalue weighted by molar-refractivity contribution is 5.70. The van der Waals surface area contributed by atoms with Gasteiger partial charge in [0.1, 0.15) is 12.2 Å². The molecule has 0 aromatic heterocycles. The lowest BCUT2D eigenvalue weighted by Crippen LogP contribution is -2.42. The lowest BCUT2D eigenvalue weighted by atomic mass is 9.92. The molecule has 2 fully saturated rings. The van der Waals surface area contributed by atoms with E-state index in [9.17, 15) is 4.79 Å². The van der Waals surface area contributed by atoms with Crippen molar-refractivity contribution < 1.29 is 19.0 Å². The van der Waals surface area contributed by atoms with Gasteiger partial charge in [-0.05, 0) is 26.2 Å². The van der Waals surface area contributed by atoms with Crippen LogP contribution in [0.25, 0.3) is 0 Å². The van der Waals surface area contributed by atoms with Crippen LogP contribution < -0.4 is 0 Å². The summed E-state index contributed by atoms with van der Waals surface area (Å²) in [5.41, 5.74) is 0. The van der Waals surface area contributed by atoms with Crippen molar-refractivity contribution in [3.05, 3.63) is 0 Å². The summed E-state index contributed by atoms with van der Waals surface area (Å²) in [6, 6.07) is 0. The van der Waals surface area contributed by atoms with Crippen LogP contribution in [0.2, 0.25) is 0 Å². The summed E-state index contributed by atoms with van der Waals surface area (Å²) in [6.45, 7) is 6.35. The van der Waals surface area contributed by atoms with Crippen LogP contribution in [-0.2, 0) is 19.0 Å². The maximum absolute atomic E-state index is 11.2. The number of hydrogen-bond donors (Lipinski definition) is 0. The van der Waals surface area contributed by atoms with Gasteiger partial charge in [-0.15, -0.1) is 0 Å². The van der Waals surface area contributed by atoms with Crippen LogP contribution in [0.5, 0.6) is 0 Å². The Labute approximate surface area is 89.9 Å². The minimum absolute atomic E-state index is 0.112. The van der Waals surface area contributed by atoms with E-state index in [0.717, 1.165) is 6.42 Å². The van der Waals surface area contributed by atoms with Crippen LogP contribution in [0.4, 0.5) is 0 Å². The molecule has 0 spiro atoms. The SMILES string of the molecule is C[C@@H]1CCC(=O)O[C@H]1[C@H]1COC(C)(C)O1. The van der Waals surface area contributed by atoms with E-state index in [1.807, 2.05) is 13.8 Å². The maximum atomic E-state index is 11.2. The molecule has 0 saturated carbocycles. The van der Waals surface area contributed by atoms with Crippen molar-refractivity contribution in [2.24, 2.45) is 5.92 Å². The first-order valence-corrected chi connectivity index (χ1v) is 5.49. The minimum Gasteiger partial charge on any atom is -0.459 e.